The molecule has 0 bridgehead atoms. The van der Waals surface area contributed by atoms with E-state index in [4.69, 9.17) is 5.73 Å². The summed E-state index contributed by atoms with van der Waals surface area (Å²) in [6.07, 6.45) is 5.03. The van der Waals surface area contributed by atoms with Crippen LogP contribution in [0.15, 0.2) is 61.2 Å². The fourth-order valence-electron chi connectivity index (χ4n) is 2.77. The summed E-state index contributed by atoms with van der Waals surface area (Å²) in [6.45, 7) is 2.09. The van der Waals surface area contributed by atoms with E-state index < -0.39 is 0 Å². The van der Waals surface area contributed by atoms with Crippen molar-refractivity contribution in [2.45, 2.75) is 13.0 Å². The van der Waals surface area contributed by atoms with Crippen LogP contribution >= 0.6 is 0 Å². The van der Waals surface area contributed by atoms with E-state index in [1.54, 1.807) is 23.0 Å². The Hall–Kier alpha value is -3.48. The number of rotatable bonds is 4. The minimum absolute atomic E-state index is 0. The zero-order chi connectivity index (χ0) is 17.2. The van der Waals surface area contributed by atoms with E-state index in [0.29, 0.717) is 22.7 Å². The van der Waals surface area contributed by atoms with Crippen LogP contribution in [-0.4, -0.2) is 24.6 Å². The van der Waals surface area contributed by atoms with Crippen LogP contribution in [0.1, 0.15) is 22.8 Å². The van der Waals surface area contributed by atoms with Gasteiger partial charge in [0.05, 0.1) is 11.3 Å². The second kappa shape index (κ2) is 6.20. The molecule has 3 heterocycles. The van der Waals surface area contributed by atoms with E-state index >= 15 is 0 Å². The van der Waals surface area contributed by atoms with E-state index in [2.05, 4.69) is 44.4 Å². The maximum Gasteiger partial charge on any atom is 0.166 e. The number of fused-ring (bicyclic) bond motifs is 1. The normalized spacial score (nSPS) is 12.2. The van der Waals surface area contributed by atoms with Crippen LogP contribution in [0.2, 0.25) is 0 Å². The SMILES string of the molecule is C[C@@H](Nc1cc(-c2c(N)nn3cccnc23)ncn1)c1ccccc1.[HH].[HH].[HH]. The second-order valence-corrected chi connectivity index (χ2v) is 5.71. The summed E-state index contributed by atoms with van der Waals surface area (Å²) < 4.78 is 1.65. The Morgan fingerprint density at radius 2 is 1.96 bits per heavy atom. The fraction of sp³-hybridized carbons (Fsp3) is 0.111. The highest BCUT2D eigenvalue weighted by molar-refractivity contribution is 5.84. The van der Waals surface area contributed by atoms with Gasteiger partial charge in [0.25, 0.3) is 0 Å². The molecule has 7 nitrogen and oxygen atoms in total. The number of nitrogens with two attached hydrogens (primary N) is 1. The summed E-state index contributed by atoms with van der Waals surface area (Å²) >= 11 is 0. The van der Waals surface area contributed by atoms with Gasteiger partial charge in [0.2, 0.25) is 0 Å². The number of nitrogen functional groups attached to an aromatic ring is 1. The Balaban J connectivity index is 0.00000131. The van der Waals surface area contributed by atoms with Gasteiger partial charge in [-0.2, -0.15) is 0 Å². The molecule has 0 aliphatic heterocycles. The van der Waals surface area contributed by atoms with Crippen molar-refractivity contribution in [2.75, 3.05) is 11.1 Å². The molecule has 130 valence electrons. The molecule has 3 N–H and O–H groups in total. The maximum absolute atomic E-state index is 6.07. The first-order chi connectivity index (χ1) is 12.2. The van der Waals surface area contributed by atoms with E-state index in [9.17, 15) is 0 Å². The van der Waals surface area contributed by atoms with E-state index in [1.807, 2.05) is 24.3 Å². The third kappa shape index (κ3) is 2.87. The molecule has 1 aromatic carbocycles. The summed E-state index contributed by atoms with van der Waals surface area (Å²) in [5.41, 5.74) is 9.31. The van der Waals surface area contributed by atoms with E-state index in [-0.39, 0.29) is 10.3 Å². The van der Waals surface area contributed by atoms with Crippen LogP contribution in [0, 0.1) is 0 Å². The van der Waals surface area contributed by atoms with Crippen LogP contribution < -0.4 is 11.1 Å². The number of hydrogen-bond acceptors (Lipinski definition) is 6. The molecule has 4 rings (SSSR count). The van der Waals surface area contributed by atoms with Gasteiger partial charge in [-0.1, -0.05) is 30.3 Å². The lowest BCUT2D eigenvalue weighted by Gasteiger charge is -2.15. The van der Waals surface area contributed by atoms with Gasteiger partial charge in [-0.05, 0) is 18.6 Å². The van der Waals surface area contributed by atoms with Gasteiger partial charge < -0.3 is 11.1 Å². The molecule has 0 saturated carbocycles. The Morgan fingerprint density at radius 1 is 1.12 bits per heavy atom. The lowest BCUT2D eigenvalue weighted by molar-refractivity contribution is 0.872. The van der Waals surface area contributed by atoms with Crippen LogP contribution in [0.3, 0.4) is 0 Å². The number of aromatic nitrogens is 5. The quantitative estimate of drug-likeness (QED) is 0.590. The van der Waals surface area contributed by atoms with E-state index in [0.717, 1.165) is 5.82 Å². The van der Waals surface area contributed by atoms with Crippen molar-refractivity contribution in [1.82, 2.24) is 24.6 Å². The number of nitrogens with zero attached hydrogens (tertiary/aromatic N) is 5. The monoisotopic (exact) mass is 337 g/mol. The average Bonchev–Trinajstić information content (AvgIpc) is 2.98. The first kappa shape index (κ1) is 15.1. The summed E-state index contributed by atoms with van der Waals surface area (Å²) in [5.74, 6) is 1.11. The zero-order valence-corrected chi connectivity index (χ0v) is 13.7. The number of benzene rings is 1. The maximum atomic E-state index is 6.07. The van der Waals surface area contributed by atoms with Crippen molar-refractivity contribution in [1.29, 1.82) is 0 Å². The molecule has 0 aliphatic carbocycles. The zero-order valence-electron chi connectivity index (χ0n) is 13.7. The van der Waals surface area contributed by atoms with Crippen molar-refractivity contribution >= 4 is 17.3 Å². The second-order valence-electron chi connectivity index (χ2n) is 5.71. The number of hydrogen-bond donors (Lipinski definition) is 2. The third-order valence-corrected chi connectivity index (χ3v) is 4.01. The van der Waals surface area contributed by atoms with Gasteiger partial charge in [0.1, 0.15) is 12.1 Å². The van der Waals surface area contributed by atoms with Gasteiger partial charge in [0.15, 0.2) is 11.5 Å². The molecule has 7 heteroatoms. The highest BCUT2D eigenvalue weighted by Crippen LogP contribution is 2.29. The average molecular weight is 337 g/mol. The van der Waals surface area contributed by atoms with Crippen molar-refractivity contribution < 1.29 is 4.28 Å². The van der Waals surface area contributed by atoms with Crippen LogP contribution in [0.25, 0.3) is 16.9 Å². The Bertz CT molecular complexity index is 1020. The first-order valence-electron chi connectivity index (χ1n) is 7.95. The Labute approximate surface area is 149 Å². The molecule has 0 saturated heterocycles. The molecular weight excluding hydrogens is 314 g/mol. The molecule has 0 spiro atoms. The fourth-order valence-corrected chi connectivity index (χ4v) is 2.77. The minimum Gasteiger partial charge on any atom is -0.382 e. The van der Waals surface area contributed by atoms with Crippen LogP contribution in [-0.2, 0) is 0 Å². The highest BCUT2D eigenvalue weighted by Gasteiger charge is 2.16. The predicted octanol–water partition coefficient (Wildman–Crippen LogP) is 3.68. The van der Waals surface area contributed by atoms with Gasteiger partial charge in [-0.3, -0.25) is 0 Å². The lowest BCUT2D eigenvalue weighted by Crippen LogP contribution is -2.08. The molecule has 0 unspecified atom stereocenters. The number of nitrogens with one attached hydrogen (secondary N) is 1. The molecule has 3 aromatic heterocycles. The van der Waals surface area contributed by atoms with Gasteiger partial charge in [0, 0.05) is 28.8 Å². The Morgan fingerprint density at radius 3 is 2.80 bits per heavy atom. The van der Waals surface area contributed by atoms with E-state index in [1.165, 1.54) is 11.9 Å². The molecule has 0 radical (unpaired) electrons. The summed E-state index contributed by atoms with van der Waals surface area (Å²) in [7, 11) is 0. The molecule has 25 heavy (non-hydrogen) atoms. The third-order valence-electron chi connectivity index (χ3n) is 4.01. The molecular formula is C18H23N7. The summed E-state index contributed by atoms with van der Waals surface area (Å²) in [5, 5.41) is 7.67. The minimum atomic E-state index is 0. The van der Waals surface area contributed by atoms with Crippen LogP contribution in [0.5, 0.6) is 0 Å². The van der Waals surface area contributed by atoms with Gasteiger partial charge in [-0.15, -0.1) is 5.10 Å². The van der Waals surface area contributed by atoms with Gasteiger partial charge >= 0.3 is 0 Å². The first-order valence-corrected chi connectivity index (χ1v) is 7.95. The van der Waals surface area contributed by atoms with Crippen molar-refractivity contribution in [2.24, 2.45) is 0 Å². The molecule has 0 amide bonds. The standard InChI is InChI=1S/C18H17N7.3H2/c1-12(13-6-3-2-4-7-13)23-15-10-14(21-11-22-15)16-17(19)24-25-9-5-8-20-18(16)25;;;/h2-12H,1H3,(H2,19,24)(H,21,22,23);3*1H/t12-;;;/m1.../s1. The topological polar surface area (TPSA) is 94.0 Å². The van der Waals surface area contributed by atoms with Crippen molar-refractivity contribution in [3.8, 4) is 11.3 Å². The van der Waals surface area contributed by atoms with Gasteiger partial charge in [-0.25, -0.2) is 19.5 Å². The molecule has 4 aromatic rings. The van der Waals surface area contributed by atoms with Crippen molar-refractivity contribution in [3.63, 3.8) is 0 Å². The van der Waals surface area contributed by atoms with Crippen molar-refractivity contribution in [3.05, 3.63) is 66.7 Å². The largest absolute Gasteiger partial charge is 0.382 e. The predicted molar refractivity (Wildman–Crippen MR) is 103 cm³/mol. The summed E-state index contributed by atoms with van der Waals surface area (Å²) in [6, 6.07) is 14.0. The highest BCUT2D eigenvalue weighted by atomic mass is 15.3. The molecule has 0 fully saturated rings. The Kier molecular flexibility index (Phi) is 3.74. The van der Waals surface area contributed by atoms with Crippen LogP contribution in [0.4, 0.5) is 11.6 Å². The summed E-state index contributed by atoms with van der Waals surface area (Å²) in [4.78, 5) is 13.0. The molecule has 1 atom stereocenters. The molecule has 0 aliphatic rings. The smallest absolute Gasteiger partial charge is 0.166 e. The lowest BCUT2D eigenvalue weighted by atomic mass is 10.1. The number of anilines is 2.